The van der Waals surface area contributed by atoms with Gasteiger partial charge in [-0.2, -0.15) is 0 Å². The maximum atomic E-state index is 14.6. The van der Waals surface area contributed by atoms with E-state index in [2.05, 4.69) is 17.9 Å². The lowest BCUT2D eigenvalue weighted by Crippen LogP contribution is -1.90. The molecule has 0 radical (unpaired) electrons. The van der Waals surface area contributed by atoms with Crippen LogP contribution in [0.2, 0.25) is 0 Å². The molecule has 0 aliphatic rings. The van der Waals surface area contributed by atoms with Gasteiger partial charge < -0.3 is 0 Å². The van der Waals surface area contributed by atoms with Crippen molar-refractivity contribution < 1.29 is 13.2 Å². The largest absolute Gasteiger partial charge is 0.206 e. The van der Waals surface area contributed by atoms with E-state index in [4.69, 9.17) is 0 Å². The lowest BCUT2D eigenvalue weighted by molar-refractivity contribution is 0.511. The van der Waals surface area contributed by atoms with E-state index in [1.165, 1.54) is 12.1 Å². The Morgan fingerprint density at radius 3 is 2.31 bits per heavy atom. The van der Waals surface area contributed by atoms with Crippen molar-refractivity contribution in [3.63, 3.8) is 0 Å². The molecule has 0 heterocycles. The third kappa shape index (κ3) is 4.76. The van der Waals surface area contributed by atoms with Crippen LogP contribution in [-0.2, 0) is 6.42 Å². The fraction of sp³-hybridized carbons (Fsp3) is 0.103. The predicted molar refractivity (Wildman–Crippen MR) is 125 cm³/mol. The summed E-state index contributed by atoms with van der Waals surface area (Å²) in [5.74, 6) is 4.07. The predicted octanol–water partition coefficient (Wildman–Crippen LogP) is 7.83. The number of hydrogen-bond acceptors (Lipinski definition) is 0. The highest BCUT2D eigenvalue weighted by Crippen LogP contribution is 2.25. The van der Waals surface area contributed by atoms with Gasteiger partial charge in [0.1, 0.15) is 5.82 Å². The monoisotopic (exact) mass is 426 g/mol. The summed E-state index contributed by atoms with van der Waals surface area (Å²) in [5.41, 5.74) is 3.65. The van der Waals surface area contributed by atoms with Gasteiger partial charge in [0.2, 0.25) is 0 Å². The molecule has 0 saturated heterocycles. The van der Waals surface area contributed by atoms with Crippen molar-refractivity contribution in [1.29, 1.82) is 0 Å². The van der Waals surface area contributed by atoms with Gasteiger partial charge in [-0.3, -0.25) is 0 Å². The summed E-state index contributed by atoms with van der Waals surface area (Å²) in [4.78, 5) is 0. The van der Waals surface area contributed by atoms with Gasteiger partial charge in [-0.05, 0) is 72.7 Å². The summed E-state index contributed by atoms with van der Waals surface area (Å²) in [6.45, 7) is 1.97. The zero-order chi connectivity index (χ0) is 22.5. The van der Waals surface area contributed by atoms with Crippen molar-refractivity contribution in [3.8, 4) is 23.0 Å². The molecule has 0 aliphatic carbocycles. The molecule has 4 aromatic carbocycles. The summed E-state index contributed by atoms with van der Waals surface area (Å²) in [5, 5.41) is 1.16. The molecule has 4 rings (SSSR count). The molecule has 0 amide bonds. The first kappa shape index (κ1) is 21.5. The second kappa shape index (κ2) is 9.58. The molecular weight excluding hydrogens is 405 g/mol. The topological polar surface area (TPSA) is 0 Å². The second-order valence-corrected chi connectivity index (χ2v) is 7.54. The van der Waals surface area contributed by atoms with Crippen LogP contribution >= 0.6 is 0 Å². The summed E-state index contributed by atoms with van der Waals surface area (Å²) in [6.07, 6.45) is 5.76. The fourth-order valence-electron chi connectivity index (χ4n) is 3.62. The van der Waals surface area contributed by atoms with Gasteiger partial charge in [0.15, 0.2) is 11.6 Å². The molecular formula is C29H21F3. The molecule has 0 fully saturated rings. The molecule has 4 aromatic rings. The summed E-state index contributed by atoms with van der Waals surface area (Å²) in [7, 11) is 0. The Morgan fingerprint density at radius 1 is 0.781 bits per heavy atom. The van der Waals surface area contributed by atoms with Crippen molar-refractivity contribution in [2.45, 2.75) is 19.8 Å². The lowest BCUT2D eigenvalue weighted by Gasteiger charge is -2.06. The molecule has 0 atom stereocenters. The third-order valence-corrected chi connectivity index (χ3v) is 5.33. The van der Waals surface area contributed by atoms with E-state index in [1.807, 2.05) is 49.4 Å². The SMILES string of the molecule is C/C=C/CCc1ccc(-c2ccc(C#Cc3cccc4cc(F)c(F)cc34)cc2)c(F)c1. The van der Waals surface area contributed by atoms with E-state index in [1.54, 1.807) is 24.3 Å². The lowest BCUT2D eigenvalue weighted by atomic mass is 10.00. The van der Waals surface area contributed by atoms with Gasteiger partial charge >= 0.3 is 0 Å². The average molecular weight is 426 g/mol. The minimum absolute atomic E-state index is 0.244. The number of hydrogen-bond donors (Lipinski definition) is 0. The highest BCUT2D eigenvalue weighted by molar-refractivity contribution is 5.88. The molecule has 0 unspecified atom stereocenters. The normalized spacial score (nSPS) is 11.0. The molecule has 0 N–H and O–H groups in total. The third-order valence-electron chi connectivity index (χ3n) is 5.33. The molecule has 0 nitrogen and oxygen atoms in total. The highest BCUT2D eigenvalue weighted by Gasteiger charge is 2.07. The smallest absolute Gasteiger partial charge is 0.159 e. The number of aryl methyl sites for hydroxylation is 1. The Kier molecular flexibility index (Phi) is 6.42. The molecule has 32 heavy (non-hydrogen) atoms. The van der Waals surface area contributed by atoms with Crippen molar-refractivity contribution in [2.24, 2.45) is 0 Å². The van der Waals surface area contributed by atoms with Gasteiger partial charge in [0.05, 0.1) is 0 Å². The Morgan fingerprint density at radius 2 is 1.56 bits per heavy atom. The molecule has 158 valence electrons. The van der Waals surface area contributed by atoms with Crippen LogP contribution < -0.4 is 0 Å². The van der Waals surface area contributed by atoms with E-state index in [0.717, 1.165) is 29.5 Å². The van der Waals surface area contributed by atoms with Gasteiger partial charge in [-0.15, -0.1) is 0 Å². The minimum atomic E-state index is -0.897. The first-order chi connectivity index (χ1) is 15.5. The van der Waals surface area contributed by atoms with Crippen molar-refractivity contribution in [1.82, 2.24) is 0 Å². The number of rotatable bonds is 4. The molecule has 3 heteroatoms. The molecule has 0 saturated carbocycles. The fourth-order valence-corrected chi connectivity index (χ4v) is 3.62. The van der Waals surface area contributed by atoms with Crippen LogP contribution in [0, 0.1) is 29.3 Å². The Bertz CT molecular complexity index is 1350. The zero-order valence-electron chi connectivity index (χ0n) is 17.6. The first-order valence-corrected chi connectivity index (χ1v) is 10.4. The van der Waals surface area contributed by atoms with Crippen LogP contribution in [0.1, 0.15) is 30.0 Å². The number of benzene rings is 4. The first-order valence-electron chi connectivity index (χ1n) is 10.4. The minimum Gasteiger partial charge on any atom is -0.206 e. The van der Waals surface area contributed by atoms with Crippen molar-refractivity contribution >= 4 is 10.8 Å². The number of allylic oxidation sites excluding steroid dienone is 2. The maximum absolute atomic E-state index is 14.6. The van der Waals surface area contributed by atoms with Crippen molar-refractivity contribution in [3.05, 3.63) is 119 Å². The van der Waals surface area contributed by atoms with Crippen LogP contribution in [0.15, 0.2) is 84.9 Å². The number of halogens is 3. The van der Waals surface area contributed by atoms with Crippen LogP contribution in [0.5, 0.6) is 0 Å². The Hall–Kier alpha value is -3.77. The highest BCUT2D eigenvalue weighted by atomic mass is 19.2. The standard InChI is InChI=1S/C29H21F3/c1-2-3-4-6-21-12-16-25(27(30)17-21)23-14-10-20(11-15-23)9-13-22-7-5-8-24-18-28(31)29(32)19-26(22)24/h2-3,5,7-8,10-12,14-19H,4,6H2,1H3/b3-2+. The number of fused-ring (bicyclic) bond motifs is 1. The Labute approximate surface area is 186 Å². The molecule has 0 bridgehead atoms. The van der Waals surface area contributed by atoms with Crippen LogP contribution in [0.25, 0.3) is 21.9 Å². The quantitative estimate of drug-likeness (QED) is 0.230. The van der Waals surface area contributed by atoms with Crippen molar-refractivity contribution in [2.75, 3.05) is 0 Å². The van der Waals surface area contributed by atoms with Crippen LogP contribution in [0.3, 0.4) is 0 Å². The van der Waals surface area contributed by atoms with Gasteiger partial charge in [-0.25, -0.2) is 13.2 Å². The van der Waals surface area contributed by atoms with Gasteiger partial charge in [0, 0.05) is 22.1 Å². The van der Waals surface area contributed by atoms with Crippen LogP contribution in [0.4, 0.5) is 13.2 Å². The summed E-state index contributed by atoms with van der Waals surface area (Å²) < 4.78 is 41.8. The second-order valence-electron chi connectivity index (χ2n) is 7.54. The molecule has 0 aliphatic heterocycles. The zero-order valence-corrected chi connectivity index (χ0v) is 17.6. The molecule has 0 aromatic heterocycles. The van der Waals surface area contributed by atoms with E-state index in [9.17, 15) is 13.2 Å². The van der Waals surface area contributed by atoms with E-state index < -0.39 is 11.6 Å². The van der Waals surface area contributed by atoms with Gasteiger partial charge in [-0.1, -0.05) is 60.4 Å². The van der Waals surface area contributed by atoms with E-state index in [0.29, 0.717) is 21.9 Å². The molecule has 0 spiro atoms. The van der Waals surface area contributed by atoms with E-state index >= 15 is 0 Å². The maximum Gasteiger partial charge on any atom is 0.159 e. The average Bonchev–Trinajstić information content (AvgIpc) is 2.79. The van der Waals surface area contributed by atoms with E-state index in [-0.39, 0.29) is 5.82 Å². The van der Waals surface area contributed by atoms with Gasteiger partial charge in [0.25, 0.3) is 0 Å². The summed E-state index contributed by atoms with van der Waals surface area (Å²) >= 11 is 0. The Balaban J connectivity index is 1.57. The van der Waals surface area contributed by atoms with Crippen LogP contribution in [-0.4, -0.2) is 0 Å². The summed E-state index contributed by atoms with van der Waals surface area (Å²) in [6, 6.07) is 20.3.